The van der Waals surface area contributed by atoms with Crippen LogP contribution >= 0.6 is 0 Å². The van der Waals surface area contributed by atoms with Gasteiger partial charge in [-0.15, -0.1) is 0 Å². The van der Waals surface area contributed by atoms with Gasteiger partial charge in [-0.1, -0.05) is 13.8 Å². The molecule has 7 heteroatoms. The van der Waals surface area contributed by atoms with Crippen LogP contribution < -0.4 is 5.32 Å². The number of aliphatic hydroxyl groups excluding tert-OH is 3. The first-order valence-corrected chi connectivity index (χ1v) is 10.7. The molecule has 1 fully saturated rings. The molecule has 0 aromatic heterocycles. The Labute approximate surface area is 166 Å². The second-order valence-corrected chi connectivity index (χ2v) is 8.54. The Morgan fingerprint density at radius 2 is 1.19 bits per heavy atom. The average molecular weight is 389 g/mol. The summed E-state index contributed by atoms with van der Waals surface area (Å²) in [6.07, 6.45) is 3.25. The van der Waals surface area contributed by atoms with Crippen LogP contribution in [0.2, 0.25) is 0 Å². The Bertz CT molecular complexity index is 358. The smallest absolute Gasteiger partial charge is 0.0558 e. The van der Waals surface area contributed by atoms with E-state index < -0.39 is 0 Å². The molecule has 0 bridgehead atoms. The lowest BCUT2D eigenvalue weighted by atomic mass is 9.94. The number of nitrogens with zero attached hydrogens (tertiary/aromatic N) is 3. The molecule has 0 aromatic carbocycles. The van der Waals surface area contributed by atoms with E-state index >= 15 is 0 Å². The fourth-order valence-electron chi connectivity index (χ4n) is 3.66. The van der Waals surface area contributed by atoms with Gasteiger partial charge in [-0.2, -0.15) is 0 Å². The van der Waals surface area contributed by atoms with Gasteiger partial charge in [0.05, 0.1) is 13.2 Å². The lowest BCUT2D eigenvalue weighted by Crippen LogP contribution is -2.43. The molecule has 0 saturated carbocycles. The SMILES string of the molecule is CC(C)(CO)CN1CCCN(CCO)CCCNCCCN(CCO)CC1. The third-order valence-corrected chi connectivity index (χ3v) is 5.25. The second kappa shape index (κ2) is 14.7. The maximum absolute atomic E-state index is 9.67. The van der Waals surface area contributed by atoms with Crippen molar-refractivity contribution in [2.45, 2.75) is 33.1 Å². The van der Waals surface area contributed by atoms with Crippen LogP contribution in [0.15, 0.2) is 0 Å². The normalized spacial score (nSPS) is 21.7. The molecule has 0 aliphatic carbocycles. The van der Waals surface area contributed by atoms with Gasteiger partial charge in [-0.3, -0.25) is 4.90 Å². The second-order valence-electron chi connectivity index (χ2n) is 8.54. The Morgan fingerprint density at radius 3 is 1.74 bits per heavy atom. The highest BCUT2D eigenvalue weighted by molar-refractivity contribution is 4.75. The molecule has 0 unspecified atom stereocenters. The van der Waals surface area contributed by atoms with E-state index in [2.05, 4.69) is 33.9 Å². The summed E-state index contributed by atoms with van der Waals surface area (Å²) in [6, 6.07) is 0. The molecule has 1 aliphatic heterocycles. The molecule has 0 amide bonds. The van der Waals surface area contributed by atoms with Crippen LogP contribution in [-0.2, 0) is 0 Å². The fourth-order valence-corrected chi connectivity index (χ4v) is 3.66. The van der Waals surface area contributed by atoms with Gasteiger partial charge in [0.15, 0.2) is 0 Å². The fraction of sp³-hybridized carbons (Fsp3) is 1.00. The van der Waals surface area contributed by atoms with Crippen molar-refractivity contribution in [1.29, 1.82) is 0 Å². The van der Waals surface area contributed by atoms with E-state index in [0.29, 0.717) is 0 Å². The van der Waals surface area contributed by atoms with Gasteiger partial charge in [0, 0.05) is 44.7 Å². The minimum absolute atomic E-state index is 0.112. The summed E-state index contributed by atoms with van der Waals surface area (Å²) >= 11 is 0. The Morgan fingerprint density at radius 1 is 0.704 bits per heavy atom. The van der Waals surface area contributed by atoms with Gasteiger partial charge in [-0.05, 0) is 58.5 Å². The maximum atomic E-state index is 9.67. The van der Waals surface area contributed by atoms with E-state index in [0.717, 1.165) is 91.3 Å². The van der Waals surface area contributed by atoms with Crippen LogP contribution in [-0.4, -0.2) is 122 Å². The van der Waals surface area contributed by atoms with Gasteiger partial charge in [-0.25, -0.2) is 0 Å². The Kier molecular flexibility index (Phi) is 13.5. The lowest BCUT2D eigenvalue weighted by molar-refractivity contribution is 0.0888. The standard InChI is InChI=1S/C20H44N4O3/c1-20(2,19-27)18-24-11-5-10-22(14-16-25)8-3-6-21-7-4-9-23(12-13-24)15-17-26/h21,25-27H,3-19H2,1-2H3. The predicted molar refractivity (Wildman–Crippen MR) is 111 cm³/mol. The first-order valence-electron chi connectivity index (χ1n) is 10.7. The van der Waals surface area contributed by atoms with Crippen LogP contribution in [0, 0.1) is 5.41 Å². The molecule has 1 saturated heterocycles. The molecule has 0 atom stereocenters. The molecule has 1 heterocycles. The first kappa shape index (κ1) is 24.8. The first-order chi connectivity index (χ1) is 13.0. The summed E-state index contributed by atoms with van der Waals surface area (Å²) in [7, 11) is 0. The molecular formula is C20H44N4O3. The van der Waals surface area contributed by atoms with E-state index in [1.165, 1.54) is 0 Å². The molecule has 1 aliphatic rings. The van der Waals surface area contributed by atoms with E-state index in [1.54, 1.807) is 0 Å². The summed E-state index contributed by atoms with van der Waals surface area (Å²) in [5.41, 5.74) is -0.112. The minimum Gasteiger partial charge on any atom is -0.396 e. The molecule has 0 spiro atoms. The largest absolute Gasteiger partial charge is 0.396 e. The highest BCUT2D eigenvalue weighted by Crippen LogP contribution is 2.16. The van der Waals surface area contributed by atoms with Gasteiger partial charge < -0.3 is 30.4 Å². The average Bonchev–Trinajstić information content (AvgIpc) is 2.64. The molecule has 7 nitrogen and oxygen atoms in total. The lowest BCUT2D eigenvalue weighted by Gasteiger charge is -2.33. The summed E-state index contributed by atoms with van der Waals surface area (Å²) in [6.45, 7) is 15.1. The van der Waals surface area contributed by atoms with Crippen LogP contribution in [0.4, 0.5) is 0 Å². The van der Waals surface area contributed by atoms with Crippen molar-refractivity contribution in [3.05, 3.63) is 0 Å². The van der Waals surface area contributed by atoms with Crippen LogP contribution in [0.1, 0.15) is 33.1 Å². The summed E-state index contributed by atoms with van der Waals surface area (Å²) < 4.78 is 0. The number of hydrogen-bond donors (Lipinski definition) is 4. The van der Waals surface area contributed by atoms with E-state index in [9.17, 15) is 15.3 Å². The number of β-amino-alcohol motifs (C(OH)–C–C–N with tert-alkyl or cyclic N) is 2. The highest BCUT2D eigenvalue weighted by Gasteiger charge is 2.21. The van der Waals surface area contributed by atoms with Crippen molar-refractivity contribution in [3.63, 3.8) is 0 Å². The van der Waals surface area contributed by atoms with Gasteiger partial charge in [0.25, 0.3) is 0 Å². The van der Waals surface area contributed by atoms with E-state index in [4.69, 9.17) is 0 Å². The van der Waals surface area contributed by atoms with Crippen LogP contribution in [0.3, 0.4) is 0 Å². The monoisotopic (exact) mass is 388 g/mol. The quantitative estimate of drug-likeness (QED) is 0.475. The maximum Gasteiger partial charge on any atom is 0.0558 e. The number of hydrogen-bond acceptors (Lipinski definition) is 7. The Balaban J connectivity index is 2.69. The number of rotatable bonds is 7. The third kappa shape index (κ3) is 12.0. The molecule has 27 heavy (non-hydrogen) atoms. The van der Waals surface area contributed by atoms with E-state index in [1.807, 2.05) is 0 Å². The summed E-state index contributed by atoms with van der Waals surface area (Å²) in [5.74, 6) is 0. The van der Waals surface area contributed by atoms with Crippen molar-refractivity contribution in [1.82, 2.24) is 20.0 Å². The molecule has 0 aromatic rings. The zero-order valence-corrected chi connectivity index (χ0v) is 17.7. The van der Waals surface area contributed by atoms with Crippen molar-refractivity contribution >= 4 is 0 Å². The molecule has 0 radical (unpaired) electrons. The molecule has 162 valence electrons. The zero-order chi connectivity index (χ0) is 20.0. The summed E-state index contributed by atoms with van der Waals surface area (Å²) in [4.78, 5) is 7.16. The number of nitrogens with one attached hydrogen (secondary N) is 1. The number of aliphatic hydroxyl groups is 3. The van der Waals surface area contributed by atoms with E-state index in [-0.39, 0.29) is 25.2 Å². The van der Waals surface area contributed by atoms with Crippen LogP contribution in [0.25, 0.3) is 0 Å². The predicted octanol–water partition coefficient (Wildman–Crippen LogP) is -0.331. The minimum atomic E-state index is -0.112. The van der Waals surface area contributed by atoms with Crippen molar-refractivity contribution in [2.75, 3.05) is 91.8 Å². The third-order valence-electron chi connectivity index (χ3n) is 5.25. The van der Waals surface area contributed by atoms with Crippen molar-refractivity contribution in [2.24, 2.45) is 5.41 Å². The van der Waals surface area contributed by atoms with Gasteiger partial charge in [0.2, 0.25) is 0 Å². The zero-order valence-electron chi connectivity index (χ0n) is 17.7. The molecular weight excluding hydrogens is 344 g/mol. The highest BCUT2D eigenvalue weighted by atomic mass is 16.3. The Hall–Kier alpha value is -0.280. The van der Waals surface area contributed by atoms with Crippen LogP contribution in [0.5, 0.6) is 0 Å². The molecule has 4 N–H and O–H groups in total. The van der Waals surface area contributed by atoms with Gasteiger partial charge in [0.1, 0.15) is 0 Å². The van der Waals surface area contributed by atoms with Gasteiger partial charge >= 0.3 is 0 Å². The summed E-state index contributed by atoms with van der Waals surface area (Å²) in [5, 5.41) is 31.9. The topological polar surface area (TPSA) is 82.4 Å². The molecule has 1 rings (SSSR count). The van der Waals surface area contributed by atoms with Crippen molar-refractivity contribution in [3.8, 4) is 0 Å². The van der Waals surface area contributed by atoms with Crippen molar-refractivity contribution < 1.29 is 15.3 Å².